The zero-order chi connectivity index (χ0) is 14.7. The van der Waals surface area contributed by atoms with Crippen molar-refractivity contribution in [3.63, 3.8) is 0 Å². The van der Waals surface area contributed by atoms with Crippen molar-refractivity contribution in [3.05, 3.63) is 23.4 Å². The van der Waals surface area contributed by atoms with Gasteiger partial charge in [-0.2, -0.15) is 13.2 Å². The number of alkyl halides is 3. The molecule has 1 rings (SSSR count). The maximum absolute atomic E-state index is 12.1. The lowest BCUT2D eigenvalue weighted by Crippen LogP contribution is -2.17. The van der Waals surface area contributed by atoms with Gasteiger partial charge in [-0.05, 0) is 11.6 Å². The number of pyridine rings is 1. The van der Waals surface area contributed by atoms with Crippen LogP contribution in [0.1, 0.15) is 38.4 Å². The van der Waals surface area contributed by atoms with Gasteiger partial charge in [0, 0.05) is 18.0 Å². The number of hydrogen-bond acceptors (Lipinski definition) is 3. The fourth-order valence-electron chi connectivity index (χ4n) is 1.41. The SMILES string of the molecule is CC(C)(C)c1cc(CN)cc(OCCC(F)(F)F)n1. The highest BCUT2D eigenvalue weighted by Gasteiger charge is 2.27. The average molecular weight is 276 g/mol. The highest BCUT2D eigenvalue weighted by Crippen LogP contribution is 2.25. The van der Waals surface area contributed by atoms with Crippen molar-refractivity contribution in [2.24, 2.45) is 5.73 Å². The summed E-state index contributed by atoms with van der Waals surface area (Å²) in [6, 6.07) is 3.42. The van der Waals surface area contributed by atoms with Gasteiger partial charge in [0.05, 0.1) is 18.7 Å². The van der Waals surface area contributed by atoms with Gasteiger partial charge in [-0.25, -0.2) is 4.98 Å². The fourth-order valence-corrected chi connectivity index (χ4v) is 1.41. The number of nitrogens with two attached hydrogens (primary N) is 1. The van der Waals surface area contributed by atoms with Crippen LogP contribution in [0.3, 0.4) is 0 Å². The van der Waals surface area contributed by atoms with E-state index in [2.05, 4.69) is 4.98 Å². The number of aromatic nitrogens is 1. The molecule has 6 heteroatoms. The van der Waals surface area contributed by atoms with Crippen molar-refractivity contribution in [2.75, 3.05) is 6.61 Å². The van der Waals surface area contributed by atoms with Crippen molar-refractivity contribution in [2.45, 2.75) is 45.3 Å². The van der Waals surface area contributed by atoms with Crippen molar-refractivity contribution in [3.8, 4) is 5.88 Å². The normalized spacial score (nSPS) is 12.6. The molecule has 0 radical (unpaired) electrons. The van der Waals surface area contributed by atoms with Crippen LogP contribution < -0.4 is 10.5 Å². The van der Waals surface area contributed by atoms with E-state index in [0.29, 0.717) is 6.54 Å². The van der Waals surface area contributed by atoms with Gasteiger partial charge >= 0.3 is 6.18 Å². The zero-order valence-corrected chi connectivity index (χ0v) is 11.3. The van der Waals surface area contributed by atoms with Gasteiger partial charge in [-0.15, -0.1) is 0 Å². The van der Waals surface area contributed by atoms with Crippen LogP contribution in [0.5, 0.6) is 5.88 Å². The summed E-state index contributed by atoms with van der Waals surface area (Å²) in [6.07, 6.45) is -5.22. The monoisotopic (exact) mass is 276 g/mol. The Balaban J connectivity index is 2.83. The molecule has 0 aliphatic carbocycles. The smallest absolute Gasteiger partial charge is 0.392 e. The molecule has 1 aromatic rings. The van der Waals surface area contributed by atoms with Crippen molar-refractivity contribution < 1.29 is 17.9 Å². The van der Waals surface area contributed by atoms with Crippen molar-refractivity contribution >= 4 is 0 Å². The molecular weight excluding hydrogens is 257 g/mol. The Labute approximate surface area is 111 Å². The molecule has 108 valence electrons. The van der Waals surface area contributed by atoms with Crippen LogP contribution in [0.25, 0.3) is 0 Å². The molecule has 0 unspecified atom stereocenters. The summed E-state index contributed by atoms with van der Waals surface area (Å²) in [5.41, 5.74) is 6.89. The summed E-state index contributed by atoms with van der Waals surface area (Å²) in [6.45, 7) is 5.76. The van der Waals surface area contributed by atoms with Crippen LogP contribution in [-0.4, -0.2) is 17.8 Å². The maximum atomic E-state index is 12.1. The molecule has 1 aromatic heterocycles. The lowest BCUT2D eigenvalue weighted by Gasteiger charge is -2.19. The molecule has 0 aliphatic rings. The Hall–Kier alpha value is -1.30. The van der Waals surface area contributed by atoms with E-state index >= 15 is 0 Å². The molecule has 19 heavy (non-hydrogen) atoms. The van der Waals surface area contributed by atoms with Crippen LogP contribution in [0.15, 0.2) is 12.1 Å². The van der Waals surface area contributed by atoms with Gasteiger partial charge in [0.2, 0.25) is 5.88 Å². The second kappa shape index (κ2) is 5.77. The van der Waals surface area contributed by atoms with E-state index in [4.69, 9.17) is 10.5 Å². The van der Waals surface area contributed by atoms with Crippen LogP contribution in [-0.2, 0) is 12.0 Å². The third-order valence-electron chi connectivity index (χ3n) is 2.50. The molecule has 0 bridgehead atoms. The third-order valence-corrected chi connectivity index (χ3v) is 2.50. The fraction of sp³-hybridized carbons (Fsp3) is 0.615. The topological polar surface area (TPSA) is 48.1 Å². The highest BCUT2D eigenvalue weighted by molar-refractivity contribution is 5.28. The number of hydrogen-bond donors (Lipinski definition) is 1. The van der Waals surface area contributed by atoms with E-state index in [0.717, 1.165) is 11.3 Å². The maximum Gasteiger partial charge on any atom is 0.392 e. The van der Waals surface area contributed by atoms with E-state index in [9.17, 15) is 13.2 Å². The molecule has 0 aromatic carbocycles. The number of ether oxygens (including phenoxy) is 1. The van der Waals surface area contributed by atoms with Gasteiger partial charge < -0.3 is 10.5 Å². The van der Waals surface area contributed by atoms with Crippen LogP contribution in [0, 0.1) is 0 Å². The van der Waals surface area contributed by atoms with E-state index in [-0.39, 0.29) is 11.3 Å². The predicted molar refractivity (Wildman–Crippen MR) is 67.0 cm³/mol. The minimum atomic E-state index is -4.22. The van der Waals surface area contributed by atoms with Gasteiger partial charge in [0.25, 0.3) is 0 Å². The third kappa shape index (κ3) is 5.46. The van der Waals surface area contributed by atoms with E-state index in [1.165, 1.54) is 0 Å². The molecule has 0 aliphatic heterocycles. The molecule has 0 fully saturated rings. The van der Waals surface area contributed by atoms with E-state index < -0.39 is 19.2 Å². The summed E-state index contributed by atoms with van der Waals surface area (Å²) in [5, 5.41) is 0. The Kier molecular flexibility index (Phi) is 4.79. The molecule has 0 amide bonds. The second-order valence-corrected chi connectivity index (χ2v) is 5.37. The molecule has 0 saturated heterocycles. The first-order valence-corrected chi connectivity index (χ1v) is 6.03. The Morgan fingerprint density at radius 2 is 1.84 bits per heavy atom. The van der Waals surface area contributed by atoms with Gasteiger partial charge in [0.15, 0.2) is 0 Å². The van der Waals surface area contributed by atoms with Crippen molar-refractivity contribution in [1.82, 2.24) is 4.98 Å². The first-order chi connectivity index (χ1) is 8.62. The summed E-state index contributed by atoms with van der Waals surface area (Å²) in [7, 11) is 0. The Morgan fingerprint density at radius 3 is 2.32 bits per heavy atom. The van der Waals surface area contributed by atoms with Gasteiger partial charge in [0.1, 0.15) is 0 Å². The van der Waals surface area contributed by atoms with Gasteiger partial charge in [-0.3, -0.25) is 0 Å². The summed E-state index contributed by atoms with van der Waals surface area (Å²) < 4.78 is 41.2. The number of nitrogens with zero attached hydrogens (tertiary/aromatic N) is 1. The molecule has 3 nitrogen and oxygen atoms in total. The second-order valence-electron chi connectivity index (χ2n) is 5.37. The quantitative estimate of drug-likeness (QED) is 0.918. The van der Waals surface area contributed by atoms with E-state index in [1.54, 1.807) is 6.07 Å². The highest BCUT2D eigenvalue weighted by atomic mass is 19.4. The van der Waals surface area contributed by atoms with Crippen LogP contribution >= 0.6 is 0 Å². The van der Waals surface area contributed by atoms with Crippen LogP contribution in [0.2, 0.25) is 0 Å². The van der Waals surface area contributed by atoms with Crippen LogP contribution in [0.4, 0.5) is 13.2 Å². The van der Waals surface area contributed by atoms with Crippen molar-refractivity contribution in [1.29, 1.82) is 0 Å². The first-order valence-electron chi connectivity index (χ1n) is 6.03. The average Bonchev–Trinajstić information content (AvgIpc) is 2.25. The summed E-state index contributed by atoms with van der Waals surface area (Å²) >= 11 is 0. The molecule has 2 N–H and O–H groups in total. The molecule has 0 spiro atoms. The Morgan fingerprint density at radius 1 is 1.21 bits per heavy atom. The number of rotatable bonds is 4. The first kappa shape index (κ1) is 15.8. The minimum absolute atomic E-state index is 0.192. The molecule has 1 heterocycles. The number of halogens is 3. The largest absolute Gasteiger partial charge is 0.477 e. The molecule has 0 saturated carbocycles. The summed E-state index contributed by atoms with van der Waals surface area (Å²) in [5.74, 6) is 0.192. The van der Waals surface area contributed by atoms with E-state index in [1.807, 2.05) is 26.8 Å². The lowest BCUT2D eigenvalue weighted by molar-refractivity contribution is -0.139. The standard InChI is InChI=1S/C13H19F3N2O/c1-12(2,3)10-6-9(8-17)7-11(18-10)19-5-4-13(14,15)16/h6-7H,4-5,8,17H2,1-3H3. The minimum Gasteiger partial charge on any atom is -0.477 e. The lowest BCUT2D eigenvalue weighted by atomic mass is 9.91. The summed E-state index contributed by atoms with van der Waals surface area (Å²) in [4.78, 5) is 4.23. The molecule has 0 atom stereocenters. The predicted octanol–water partition coefficient (Wildman–Crippen LogP) is 3.17. The molecular formula is C13H19F3N2O. The Bertz CT molecular complexity index is 425. The van der Waals surface area contributed by atoms with Gasteiger partial charge in [-0.1, -0.05) is 20.8 Å². The zero-order valence-electron chi connectivity index (χ0n) is 11.3.